The van der Waals surface area contributed by atoms with Gasteiger partial charge < -0.3 is 4.74 Å². The third kappa shape index (κ3) is 5.06. The molecule has 0 saturated heterocycles. The normalized spacial score (nSPS) is 15.3. The van der Waals surface area contributed by atoms with Crippen molar-refractivity contribution >= 4 is 26.0 Å². The zero-order valence-electron chi connectivity index (χ0n) is 10.7. The first kappa shape index (κ1) is 15.6. The number of halogens is 1. The van der Waals surface area contributed by atoms with E-state index in [-0.39, 0.29) is 17.9 Å². The number of benzene rings is 1. The van der Waals surface area contributed by atoms with Gasteiger partial charge in [-0.2, -0.15) is 0 Å². The van der Waals surface area contributed by atoms with Crippen molar-refractivity contribution in [2.45, 2.75) is 26.0 Å². The highest BCUT2D eigenvalue weighted by Gasteiger charge is 2.18. The van der Waals surface area contributed by atoms with E-state index in [1.54, 1.807) is 6.92 Å². The van der Waals surface area contributed by atoms with Gasteiger partial charge in [0.05, 0.1) is 11.9 Å². The molecule has 0 aliphatic carbocycles. The molecular formula is C12H18BrNO3S. The van der Waals surface area contributed by atoms with Crippen LogP contribution in [-0.2, 0) is 14.8 Å². The molecule has 0 bridgehead atoms. The van der Waals surface area contributed by atoms with Crippen LogP contribution in [0.2, 0.25) is 0 Å². The smallest absolute Gasteiger partial charge is 0.214 e. The lowest BCUT2D eigenvalue weighted by Crippen LogP contribution is -2.33. The molecule has 4 nitrogen and oxygen atoms in total. The Morgan fingerprint density at radius 1 is 1.39 bits per heavy atom. The Morgan fingerprint density at radius 2 is 2.06 bits per heavy atom. The Hall–Kier alpha value is -0.430. The second-order valence-corrected chi connectivity index (χ2v) is 6.94. The molecular weight excluding hydrogens is 318 g/mol. The third-order valence-corrected chi connectivity index (χ3v) is 4.68. The number of hydrogen-bond donors (Lipinski definition) is 1. The van der Waals surface area contributed by atoms with Gasteiger partial charge in [-0.25, -0.2) is 13.1 Å². The fourth-order valence-corrected chi connectivity index (χ4v) is 3.48. The maximum atomic E-state index is 11.9. The molecule has 0 radical (unpaired) electrons. The molecule has 0 saturated carbocycles. The number of rotatable bonds is 6. The number of methoxy groups -OCH3 is 1. The van der Waals surface area contributed by atoms with Gasteiger partial charge in [0.2, 0.25) is 10.0 Å². The largest absolute Gasteiger partial charge is 0.381 e. The van der Waals surface area contributed by atoms with E-state index in [1.807, 2.05) is 31.2 Å². The minimum absolute atomic E-state index is 0.0398. The van der Waals surface area contributed by atoms with E-state index in [4.69, 9.17) is 4.74 Å². The predicted octanol–water partition coefficient (Wildman–Crippen LogP) is 2.46. The summed E-state index contributed by atoms with van der Waals surface area (Å²) in [6.45, 7) is 3.54. The van der Waals surface area contributed by atoms with E-state index in [1.165, 1.54) is 7.11 Å². The van der Waals surface area contributed by atoms with E-state index < -0.39 is 10.0 Å². The third-order valence-electron chi connectivity index (χ3n) is 2.56. The highest BCUT2D eigenvalue weighted by Crippen LogP contribution is 2.18. The van der Waals surface area contributed by atoms with Gasteiger partial charge in [0, 0.05) is 17.6 Å². The predicted molar refractivity (Wildman–Crippen MR) is 76.0 cm³/mol. The first-order valence-corrected chi connectivity index (χ1v) is 8.07. The summed E-state index contributed by atoms with van der Waals surface area (Å²) in [6.07, 6.45) is -0.322. The fraction of sp³-hybridized carbons (Fsp3) is 0.500. The number of hydrogen-bond acceptors (Lipinski definition) is 3. The van der Waals surface area contributed by atoms with Crippen molar-refractivity contribution < 1.29 is 13.2 Å². The molecule has 0 aromatic heterocycles. The Kier molecular flexibility index (Phi) is 5.78. The van der Waals surface area contributed by atoms with Crippen molar-refractivity contribution in [2.24, 2.45) is 0 Å². The van der Waals surface area contributed by atoms with Crippen molar-refractivity contribution in [1.29, 1.82) is 0 Å². The van der Waals surface area contributed by atoms with Gasteiger partial charge in [-0.15, -0.1) is 0 Å². The molecule has 0 spiro atoms. The highest BCUT2D eigenvalue weighted by atomic mass is 79.9. The minimum Gasteiger partial charge on any atom is -0.381 e. The zero-order chi connectivity index (χ0) is 13.8. The van der Waals surface area contributed by atoms with Crippen LogP contribution in [0.25, 0.3) is 0 Å². The van der Waals surface area contributed by atoms with Gasteiger partial charge in [-0.1, -0.05) is 28.1 Å². The SMILES string of the molecule is CO[C@@H](C)CS(=O)(=O)N[C@H](C)c1cccc(Br)c1. The van der Waals surface area contributed by atoms with Crippen LogP contribution < -0.4 is 4.72 Å². The van der Waals surface area contributed by atoms with Crippen LogP contribution in [0.15, 0.2) is 28.7 Å². The Balaban J connectivity index is 2.72. The second-order valence-electron chi connectivity index (χ2n) is 4.22. The van der Waals surface area contributed by atoms with Crippen LogP contribution >= 0.6 is 15.9 Å². The van der Waals surface area contributed by atoms with Crippen LogP contribution in [0.5, 0.6) is 0 Å². The average molecular weight is 336 g/mol. The summed E-state index contributed by atoms with van der Waals surface area (Å²) < 4.78 is 32.3. The van der Waals surface area contributed by atoms with Gasteiger partial charge in [0.1, 0.15) is 0 Å². The molecule has 2 atom stereocenters. The topological polar surface area (TPSA) is 55.4 Å². The van der Waals surface area contributed by atoms with E-state index >= 15 is 0 Å². The van der Waals surface area contributed by atoms with Gasteiger partial charge in [-0.05, 0) is 31.5 Å². The lowest BCUT2D eigenvalue weighted by molar-refractivity contribution is 0.136. The summed E-state index contributed by atoms with van der Waals surface area (Å²) in [4.78, 5) is 0. The lowest BCUT2D eigenvalue weighted by atomic mass is 10.1. The van der Waals surface area contributed by atoms with Crippen LogP contribution in [-0.4, -0.2) is 27.4 Å². The number of ether oxygens (including phenoxy) is 1. The Labute approximate surface area is 117 Å². The van der Waals surface area contributed by atoms with E-state index in [9.17, 15) is 8.42 Å². The summed E-state index contributed by atoms with van der Waals surface area (Å²) >= 11 is 3.36. The van der Waals surface area contributed by atoms with Crippen molar-refractivity contribution in [3.8, 4) is 0 Å². The minimum atomic E-state index is -3.34. The van der Waals surface area contributed by atoms with Crippen LogP contribution in [0.4, 0.5) is 0 Å². The van der Waals surface area contributed by atoms with E-state index in [0.29, 0.717) is 0 Å². The number of sulfonamides is 1. The van der Waals surface area contributed by atoms with Gasteiger partial charge >= 0.3 is 0 Å². The van der Waals surface area contributed by atoms with Gasteiger partial charge in [0.15, 0.2) is 0 Å². The van der Waals surface area contributed by atoms with E-state index in [0.717, 1.165) is 10.0 Å². The van der Waals surface area contributed by atoms with Crippen molar-refractivity contribution in [1.82, 2.24) is 4.72 Å². The summed E-state index contributed by atoms with van der Waals surface area (Å²) in [5, 5.41) is 0. The molecule has 0 heterocycles. The van der Waals surface area contributed by atoms with Gasteiger partial charge in [0.25, 0.3) is 0 Å². The molecule has 0 aliphatic rings. The summed E-state index contributed by atoms with van der Waals surface area (Å²) in [6, 6.07) is 7.29. The molecule has 1 rings (SSSR count). The molecule has 0 aliphatic heterocycles. The molecule has 1 aromatic carbocycles. The zero-order valence-corrected chi connectivity index (χ0v) is 13.1. The standard InChI is InChI=1S/C12H18BrNO3S/c1-9(17-3)8-18(15,16)14-10(2)11-5-4-6-12(13)7-11/h4-7,9-10,14H,8H2,1-3H3/t9-,10+/m0/s1. The second kappa shape index (κ2) is 6.65. The number of nitrogens with one attached hydrogen (secondary N) is 1. The van der Waals surface area contributed by atoms with Crippen molar-refractivity contribution in [2.75, 3.05) is 12.9 Å². The molecule has 0 unspecified atom stereocenters. The quantitative estimate of drug-likeness (QED) is 0.868. The molecule has 0 fully saturated rings. The molecule has 6 heteroatoms. The summed E-state index contributed by atoms with van der Waals surface area (Å²) in [5.41, 5.74) is 0.915. The van der Waals surface area contributed by atoms with Crippen LogP contribution in [0.3, 0.4) is 0 Å². The molecule has 102 valence electrons. The van der Waals surface area contributed by atoms with Crippen LogP contribution in [0.1, 0.15) is 25.5 Å². The molecule has 1 aromatic rings. The van der Waals surface area contributed by atoms with Crippen molar-refractivity contribution in [3.63, 3.8) is 0 Å². The van der Waals surface area contributed by atoms with Crippen molar-refractivity contribution in [3.05, 3.63) is 34.3 Å². The van der Waals surface area contributed by atoms with Crippen LogP contribution in [0, 0.1) is 0 Å². The highest BCUT2D eigenvalue weighted by molar-refractivity contribution is 9.10. The Bertz CT molecular complexity index is 490. The summed E-state index contributed by atoms with van der Waals surface area (Å²) in [7, 11) is -1.85. The fourth-order valence-electron chi connectivity index (χ4n) is 1.54. The maximum Gasteiger partial charge on any atom is 0.214 e. The van der Waals surface area contributed by atoms with E-state index in [2.05, 4.69) is 20.7 Å². The summed E-state index contributed by atoms with van der Waals surface area (Å²) in [5.74, 6) is -0.0398. The molecule has 18 heavy (non-hydrogen) atoms. The maximum absolute atomic E-state index is 11.9. The van der Waals surface area contributed by atoms with Gasteiger partial charge in [-0.3, -0.25) is 0 Å². The monoisotopic (exact) mass is 335 g/mol. The molecule has 1 N–H and O–H groups in total. The molecule has 0 amide bonds. The lowest BCUT2D eigenvalue weighted by Gasteiger charge is -2.16. The average Bonchev–Trinajstić information content (AvgIpc) is 2.27. The first-order valence-electron chi connectivity index (χ1n) is 5.62. The Morgan fingerprint density at radius 3 is 2.61 bits per heavy atom. The first-order chi connectivity index (χ1) is 8.34.